The summed E-state index contributed by atoms with van der Waals surface area (Å²) >= 11 is 0. The standard InChI is InChI=1S/C34H38N8O7/c1-2-3-13-30(44)42(20-23-14-16-24(17-15-23)25-11-7-8-12-26(25)31-37-40-41-38-31)21-28(34(47)48)36-29(43)19-35-32(45)27(33(46)39-49)18-22-9-5-4-6-10-22/h4-12,14-17,27-28,49H,2-3,13,18-21H2,1H3,(H,35,45)(H,36,43)(H,39,46)(H,47,48)(H,37,38,40,41). The van der Waals surface area contributed by atoms with E-state index < -0.39 is 42.2 Å². The van der Waals surface area contributed by atoms with Crippen molar-refractivity contribution in [3.63, 3.8) is 0 Å². The molecule has 0 fully saturated rings. The number of hydrogen-bond acceptors (Lipinski definition) is 9. The highest BCUT2D eigenvalue weighted by Gasteiger charge is 2.29. The summed E-state index contributed by atoms with van der Waals surface area (Å²) < 4.78 is 0. The predicted molar refractivity (Wildman–Crippen MR) is 176 cm³/mol. The number of tetrazole rings is 1. The molecule has 4 aromatic rings. The summed E-state index contributed by atoms with van der Waals surface area (Å²) in [4.78, 5) is 64.6. The molecular weight excluding hydrogens is 632 g/mol. The van der Waals surface area contributed by atoms with Gasteiger partial charge in [-0.15, -0.1) is 5.10 Å². The highest BCUT2D eigenvalue weighted by Crippen LogP contribution is 2.30. The smallest absolute Gasteiger partial charge is 0.328 e. The maximum absolute atomic E-state index is 13.2. The predicted octanol–water partition coefficient (Wildman–Crippen LogP) is 2.10. The molecule has 15 heteroatoms. The van der Waals surface area contributed by atoms with Crippen LogP contribution in [0.1, 0.15) is 37.3 Å². The highest BCUT2D eigenvalue weighted by molar-refractivity contribution is 6.01. The van der Waals surface area contributed by atoms with Crippen molar-refractivity contribution in [3.05, 3.63) is 90.0 Å². The van der Waals surface area contributed by atoms with E-state index in [0.717, 1.165) is 28.7 Å². The third-order valence-electron chi connectivity index (χ3n) is 7.75. The number of carboxylic acid groups (broad SMARTS) is 1. The van der Waals surface area contributed by atoms with E-state index in [0.29, 0.717) is 17.8 Å². The number of carbonyl (C=O) groups is 5. The van der Waals surface area contributed by atoms with Gasteiger partial charge in [0.1, 0.15) is 12.0 Å². The average Bonchev–Trinajstić information content (AvgIpc) is 3.67. The van der Waals surface area contributed by atoms with Gasteiger partial charge in [0.05, 0.1) is 13.1 Å². The van der Waals surface area contributed by atoms with Gasteiger partial charge in [-0.2, -0.15) is 0 Å². The van der Waals surface area contributed by atoms with Crippen LogP contribution < -0.4 is 16.1 Å². The lowest BCUT2D eigenvalue weighted by Gasteiger charge is -2.27. The SMILES string of the molecule is CCCCC(=O)N(Cc1ccc(-c2ccccc2-c2nnn[nH]2)cc1)CC(NC(=O)CNC(=O)C(Cc1ccccc1)C(=O)NO)C(=O)O. The molecule has 256 valence electrons. The molecule has 0 aliphatic carbocycles. The van der Waals surface area contributed by atoms with E-state index in [1.54, 1.807) is 30.3 Å². The number of nitrogens with one attached hydrogen (secondary N) is 4. The van der Waals surface area contributed by atoms with E-state index in [1.165, 1.54) is 10.4 Å². The Morgan fingerprint density at radius 1 is 0.878 bits per heavy atom. The topological polar surface area (TPSA) is 220 Å². The molecule has 0 aliphatic rings. The van der Waals surface area contributed by atoms with Gasteiger partial charge >= 0.3 is 5.97 Å². The Balaban J connectivity index is 1.42. The number of carboxylic acids is 1. The first-order valence-electron chi connectivity index (χ1n) is 15.7. The second-order valence-corrected chi connectivity index (χ2v) is 11.3. The lowest BCUT2D eigenvalue weighted by molar-refractivity contribution is -0.143. The minimum Gasteiger partial charge on any atom is -0.480 e. The number of hydroxylamine groups is 1. The van der Waals surface area contributed by atoms with Crippen LogP contribution in [0.4, 0.5) is 0 Å². The zero-order valence-corrected chi connectivity index (χ0v) is 26.8. The summed E-state index contributed by atoms with van der Waals surface area (Å²) in [7, 11) is 0. The largest absolute Gasteiger partial charge is 0.480 e. The average molecular weight is 671 g/mol. The van der Waals surface area contributed by atoms with Crippen molar-refractivity contribution >= 4 is 29.6 Å². The fourth-order valence-electron chi connectivity index (χ4n) is 5.14. The van der Waals surface area contributed by atoms with Crippen molar-refractivity contribution in [2.75, 3.05) is 13.1 Å². The van der Waals surface area contributed by atoms with Crippen LogP contribution in [-0.2, 0) is 36.9 Å². The Kier molecular flexibility index (Phi) is 13.0. The molecule has 0 aliphatic heterocycles. The van der Waals surface area contributed by atoms with Crippen LogP contribution in [0.3, 0.4) is 0 Å². The van der Waals surface area contributed by atoms with Gasteiger partial charge < -0.3 is 20.6 Å². The molecule has 0 radical (unpaired) electrons. The Morgan fingerprint density at radius 2 is 1.57 bits per heavy atom. The molecule has 1 aromatic heterocycles. The second-order valence-electron chi connectivity index (χ2n) is 11.3. The summed E-state index contributed by atoms with van der Waals surface area (Å²) in [6.45, 7) is 1.06. The number of unbranched alkanes of at least 4 members (excludes halogenated alkanes) is 1. The van der Waals surface area contributed by atoms with E-state index in [2.05, 4.69) is 31.3 Å². The number of aromatic amines is 1. The number of rotatable bonds is 17. The quantitative estimate of drug-likeness (QED) is 0.0546. The normalized spacial score (nSPS) is 12.0. The second kappa shape index (κ2) is 17.8. The summed E-state index contributed by atoms with van der Waals surface area (Å²) in [6, 6.07) is 22.2. The maximum Gasteiger partial charge on any atom is 0.328 e. The zero-order chi connectivity index (χ0) is 35.2. The van der Waals surface area contributed by atoms with Gasteiger partial charge in [0.25, 0.3) is 5.91 Å². The minimum absolute atomic E-state index is 0.0420. The van der Waals surface area contributed by atoms with Crippen LogP contribution in [-0.4, -0.2) is 84.6 Å². The van der Waals surface area contributed by atoms with Crippen molar-refractivity contribution in [1.82, 2.24) is 41.6 Å². The van der Waals surface area contributed by atoms with E-state index in [4.69, 9.17) is 5.21 Å². The monoisotopic (exact) mass is 670 g/mol. The fraction of sp³-hybridized carbons (Fsp3) is 0.294. The Labute approximate surface area is 282 Å². The molecule has 3 aromatic carbocycles. The summed E-state index contributed by atoms with van der Waals surface area (Å²) in [5.74, 6) is -5.12. The van der Waals surface area contributed by atoms with Gasteiger partial charge in [0.2, 0.25) is 17.7 Å². The molecule has 6 N–H and O–H groups in total. The van der Waals surface area contributed by atoms with E-state index in [1.807, 2.05) is 55.5 Å². The number of amides is 4. The number of hydrogen-bond donors (Lipinski definition) is 6. The Morgan fingerprint density at radius 3 is 2.20 bits per heavy atom. The Bertz CT molecular complexity index is 1720. The lowest BCUT2D eigenvalue weighted by atomic mass is 9.98. The van der Waals surface area contributed by atoms with Crippen LogP contribution in [0.5, 0.6) is 0 Å². The molecular formula is C34H38N8O7. The molecule has 0 spiro atoms. The number of carbonyl (C=O) groups excluding carboxylic acids is 4. The van der Waals surface area contributed by atoms with Gasteiger partial charge in [-0.25, -0.2) is 15.4 Å². The molecule has 15 nitrogen and oxygen atoms in total. The molecule has 2 atom stereocenters. The summed E-state index contributed by atoms with van der Waals surface area (Å²) in [5.41, 5.74) is 5.41. The zero-order valence-electron chi connectivity index (χ0n) is 26.8. The number of benzene rings is 3. The number of aromatic nitrogens is 4. The summed E-state index contributed by atoms with van der Waals surface area (Å²) in [5, 5.41) is 37.9. The maximum atomic E-state index is 13.2. The van der Waals surface area contributed by atoms with Crippen LogP contribution >= 0.6 is 0 Å². The lowest BCUT2D eigenvalue weighted by Crippen LogP contribution is -2.52. The van der Waals surface area contributed by atoms with E-state index in [9.17, 15) is 29.1 Å². The van der Waals surface area contributed by atoms with Crippen molar-refractivity contribution < 1.29 is 34.3 Å². The first-order valence-corrected chi connectivity index (χ1v) is 15.7. The van der Waals surface area contributed by atoms with Gasteiger partial charge in [-0.1, -0.05) is 92.2 Å². The molecule has 4 amide bonds. The molecule has 0 bridgehead atoms. The van der Waals surface area contributed by atoms with Crippen molar-refractivity contribution in [2.24, 2.45) is 5.92 Å². The highest BCUT2D eigenvalue weighted by atomic mass is 16.5. The van der Waals surface area contributed by atoms with Crippen molar-refractivity contribution in [2.45, 2.75) is 45.2 Å². The van der Waals surface area contributed by atoms with Crippen molar-refractivity contribution in [1.29, 1.82) is 0 Å². The van der Waals surface area contributed by atoms with Gasteiger partial charge in [0, 0.05) is 18.5 Å². The fourth-order valence-corrected chi connectivity index (χ4v) is 5.14. The molecule has 0 saturated heterocycles. The van der Waals surface area contributed by atoms with Gasteiger partial charge in [0.15, 0.2) is 5.82 Å². The number of nitrogens with zero attached hydrogens (tertiary/aromatic N) is 4. The van der Waals surface area contributed by atoms with E-state index >= 15 is 0 Å². The van der Waals surface area contributed by atoms with Crippen LogP contribution in [0.15, 0.2) is 78.9 Å². The molecule has 49 heavy (non-hydrogen) atoms. The third kappa shape index (κ3) is 10.3. The Hall–Kier alpha value is -5.96. The molecule has 2 unspecified atom stereocenters. The van der Waals surface area contributed by atoms with Crippen LogP contribution in [0.25, 0.3) is 22.5 Å². The minimum atomic E-state index is -1.49. The molecule has 4 rings (SSSR count). The third-order valence-corrected chi connectivity index (χ3v) is 7.75. The summed E-state index contributed by atoms with van der Waals surface area (Å²) in [6.07, 6.45) is 1.51. The molecule has 1 heterocycles. The number of H-pyrrole nitrogens is 1. The van der Waals surface area contributed by atoms with E-state index in [-0.39, 0.29) is 31.8 Å². The first kappa shape index (κ1) is 35.9. The first-order chi connectivity index (χ1) is 23.7. The van der Waals surface area contributed by atoms with Crippen molar-refractivity contribution in [3.8, 4) is 22.5 Å². The van der Waals surface area contributed by atoms with Gasteiger partial charge in [-0.05, 0) is 45.5 Å². The number of aliphatic carboxylic acids is 1. The molecule has 0 saturated carbocycles. The van der Waals surface area contributed by atoms with Crippen LogP contribution in [0.2, 0.25) is 0 Å². The van der Waals surface area contributed by atoms with Gasteiger partial charge in [-0.3, -0.25) is 24.4 Å². The van der Waals surface area contributed by atoms with Crippen LogP contribution in [0, 0.1) is 5.92 Å².